The second-order valence-electron chi connectivity index (χ2n) is 3.35. The van der Waals surface area contributed by atoms with Crippen molar-refractivity contribution in [2.75, 3.05) is 0 Å². The van der Waals surface area contributed by atoms with Crippen molar-refractivity contribution in [3.63, 3.8) is 0 Å². The third-order valence-electron chi connectivity index (χ3n) is 2.24. The number of nitrogens with zero attached hydrogens (tertiary/aromatic N) is 1. The number of aliphatic hydroxyl groups is 1. The van der Waals surface area contributed by atoms with Gasteiger partial charge in [-0.1, -0.05) is 6.92 Å². The van der Waals surface area contributed by atoms with Crippen molar-refractivity contribution in [1.29, 1.82) is 0 Å². The van der Waals surface area contributed by atoms with Crippen LogP contribution in [0.5, 0.6) is 0 Å². The number of aliphatic hydroxyl groups excluding tert-OH is 1. The largest absolute Gasteiger partial charge is 0.463 e. The summed E-state index contributed by atoms with van der Waals surface area (Å²) in [7, 11) is 0. The number of aryl methyl sites for hydroxylation is 1. The van der Waals surface area contributed by atoms with Crippen molar-refractivity contribution in [2.45, 2.75) is 25.9 Å². The van der Waals surface area contributed by atoms with Gasteiger partial charge >= 0.3 is 0 Å². The van der Waals surface area contributed by atoms with Crippen LogP contribution in [0.4, 0.5) is 0 Å². The summed E-state index contributed by atoms with van der Waals surface area (Å²) in [6.07, 6.45) is 2.64. The molecule has 0 saturated heterocycles. The molecule has 0 amide bonds. The molecular formula is C11H13NO2S. The van der Waals surface area contributed by atoms with Gasteiger partial charge in [-0.3, -0.25) is 4.98 Å². The van der Waals surface area contributed by atoms with Crippen LogP contribution in [0.25, 0.3) is 0 Å². The van der Waals surface area contributed by atoms with E-state index in [0.717, 1.165) is 17.1 Å². The molecule has 2 rings (SSSR count). The molecule has 1 unspecified atom stereocenters. The summed E-state index contributed by atoms with van der Waals surface area (Å²) >= 11 is 1.55. The highest BCUT2D eigenvalue weighted by molar-refractivity contribution is 7.09. The fraction of sp³-hybridized carbons (Fsp3) is 0.364. The first kappa shape index (κ1) is 10.4. The Hall–Kier alpha value is -1.13. The van der Waals surface area contributed by atoms with E-state index in [-0.39, 0.29) is 0 Å². The van der Waals surface area contributed by atoms with E-state index >= 15 is 0 Å². The fourth-order valence-corrected chi connectivity index (χ4v) is 2.03. The van der Waals surface area contributed by atoms with E-state index in [9.17, 15) is 5.11 Å². The van der Waals surface area contributed by atoms with Gasteiger partial charge in [0, 0.05) is 23.9 Å². The van der Waals surface area contributed by atoms with Crippen LogP contribution in [0.3, 0.4) is 0 Å². The minimum absolute atomic E-state index is 0.564. The normalized spacial score (nSPS) is 12.9. The minimum Gasteiger partial charge on any atom is -0.463 e. The average molecular weight is 223 g/mol. The van der Waals surface area contributed by atoms with E-state index in [1.54, 1.807) is 23.0 Å². The molecule has 0 radical (unpaired) electrons. The zero-order valence-corrected chi connectivity index (χ0v) is 9.33. The molecule has 15 heavy (non-hydrogen) atoms. The summed E-state index contributed by atoms with van der Waals surface area (Å²) in [4.78, 5) is 5.03. The van der Waals surface area contributed by atoms with Crippen LogP contribution in [0.15, 0.2) is 28.3 Å². The summed E-state index contributed by atoms with van der Waals surface area (Å²) in [6, 6.07) is 3.75. The standard InChI is InChI=1S/C11H13NO2S/c1-2-8-3-4-11(14-8)10(13)5-9-6-12-7-15-9/h3-4,6-7,10,13H,2,5H2,1H3. The Labute approximate surface area is 92.4 Å². The lowest BCUT2D eigenvalue weighted by Crippen LogP contribution is -1.98. The highest BCUT2D eigenvalue weighted by Crippen LogP contribution is 2.22. The number of furan rings is 1. The molecule has 0 aliphatic heterocycles. The third-order valence-corrected chi connectivity index (χ3v) is 3.04. The van der Waals surface area contributed by atoms with Crippen LogP contribution >= 0.6 is 11.3 Å². The molecule has 0 aromatic carbocycles. The summed E-state index contributed by atoms with van der Waals surface area (Å²) < 4.78 is 5.48. The quantitative estimate of drug-likeness (QED) is 0.866. The van der Waals surface area contributed by atoms with Crippen LogP contribution in [0.2, 0.25) is 0 Å². The zero-order chi connectivity index (χ0) is 10.7. The lowest BCUT2D eigenvalue weighted by atomic mass is 10.2. The van der Waals surface area contributed by atoms with Crippen LogP contribution in [0.1, 0.15) is 29.4 Å². The highest BCUT2D eigenvalue weighted by Gasteiger charge is 2.13. The van der Waals surface area contributed by atoms with E-state index < -0.39 is 6.10 Å². The SMILES string of the molecule is CCc1ccc(C(O)Cc2cncs2)o1. The van der Waals surface area contributed by atoms with E-state index in [0.29, 0.717) is 12.2 Å². The van der Waals surface area contributed by atoms with E-state index in [1.807, 2.05) is 19.1 Å². The molecule has 1 atom stereocenters. The molecule has 0 fully saturated rings. The van der Waals surface area contributed by atoms with Crippen LogP contribution < -0.4 is 0 Å². The Morgan fingerprint density at radius 1 is 1.53 bits per heavy atom. The van der Waals surface area contributed by atoms with Crippen molar-refractivity contribution in [3.8, 4) is 0 Å². The Morgan fingerprint density at radius 2 is 2.40 bits per heavy atom. The molecule has 0 aliphatic rings. The summed E-state index contributed by atoms with van der Waals surface area (Å²) in [5.74, 6) is 1.55. The maximum atomic E-state index is 9.89. The van der Waals surface area contributed by atoms with Crippen molar-refractivity contribution in [2.24, 2.45) is 0 Å². The van der Waals surface area contributed by atoms with Crippen molar-refractivity contribution < 1.29 is 9.52 Å². The molecule has 0 spiro atoms. The number of thiazole rings is 1. The topological polar surface area (TPSA) is 46.3 Å². The molecule has 3 nitrogen and oxygen atoms in total. The lowest BCUT2D eigenvalue weighted by Gasteiger charge is -2.04. The van der Waals surface area contributed by atoms with Gasteiger partial charge in [-0.05, 0) is 12.1 Å². The molecule has 0 saturated carbocycles. The van der Waals surface area contributed by atoms with E-state index in [2.05, 4.69) is 4.98 Å². The molecule has 0 aliphatic carbocycles. The first-order chi connectivity index (χ1) is 7.29. The Bertz CT molecular complexity index is 408. The smallest absolute Gasteiger partial charge is 0.133 e. The van der Waals surface area contributed by atoms with E-state index in [4.69, 9.17) is 4.42 Å². The molecule has 2 heterocycles. The predicted molar refractivity (Wildman–Crippen MR) is 58.9 cm³/mol. The van der Waals surface area contributed by atoms with Gasteiger partial charge in [0.2, 0.25) is 0 Å². The van der Waals surface area contributed by atoms with Gasteiger partial charge in [0.25, 0.3) is 0 Å². The molecule has 4 heteroatoms. The second-order valence-corrected chi connectivity index (χ2v) is 4.32. The van der Waals surface area contributed by atoms with Gasteiger partial charge in [-0.2, -0.15) is 0 Å². The molecule has 0 bridgehead atoms. The molecule has 80 valence electrons. The Balaban J connectivity index is 2.04. The Kier molecular flexibility index (Phi) is 3.18. The lowest BCUT2D eigenvalue weighted by molar-refractivity contribution is 0.149. The molecule has 2 aromatic rings. The highest BCUT2D eigenvalue weighted by atomic mass is 32.1. The fourth-order valence-electron chi connectivity index (χ4n) is 1.40. The Morgan fingerprint density at radius 3 is 3.00 bits per heavy atom. The van der Waals surface area contributed by atoms with Gasteiger partial charge in [-0.25, -0.2) is 0 Å². The first-order valence-corrected chi connectivity index (χ1v) is 5.81. The van der Waals surface area contributed by atoms with Crippen molar-refractivity contribution in [3.05, 3.63) is 40.2 Å². The third kappa shape index (κ3) is 2.46. The van der Waals surface area contributed by atoms with Gasteiger partial charge in [0.05, 0.1) is 5.51 Å². The molecule has 2 aromatic heterocycles. The van der Waals surface area contributed by atoms with Gasteiger partial charge < -0.3 is 9.52 Å². The number of hydrogen-bond donors (Lipinski definition) is 1. The molecular weight excluding hydrogens is 210 g/mol. The number of rotatable bonds is 4. The van der Waals surface area contributed by atoms with Crippen LogP contribution in [0, 0.1) is 0 Å². The number of hydrogen-bond acceptors (Lipinski definition) is 4. The predicted octanol–water partition coefficient (Wildman–Crippen LogP) is 2.57. The monoisotopic (exact) mass is 223 g/mol. The van der Waals surface area contributed by atoms with E-state index in [1.165, 1.54) is 0 Å². The summed E-state index contributed by atoms with van der Waals surface area (Å²) in [5.41, 5.74) is 1.77. The first-order valence-electron chi connectivity index (χ1n) is 4.93. The minimum atomic E-state index is -0.564. The van der Waals surface area contributed by atoms with Gasteiger partial charge in [0.15, 0.2) is 0 Å². The van der Waals surface area contributed by atoms with Gasteiger partial charge in [0.1, 0.15) is 17.6 Å². The number of aromatic nitrogens is 1. The van der Waals surface area contributed by atoms with Crippen molar-refractivity contribution >= 4 is 11.3 Å². The zero-order valence-electron chi connectivity index (χ0n) is 8.51. The van der Waals surface area contributed by atoms with Gasteiger partial charge in [-0.15, -0.1) is 11.3 Å². The van der Waals surface area contributed by atoms with Crippen LogP contribution in [-0.2, 0) is 12.8 Å². The maximum absolute atomic E-state index is 9.89. The molecule has 1 N–H and O–H groups in total. The maximum Gasteiger partial charge on any atom is 0.133 e. The average Bonchev–Trinajstić information content (AvgIpc) is 2.86. The van der Waals surface area contributed by atoms with Crippen molar-refractivity contribution in [1.82, 2.24) is 4.98 Å². The second kappa shape index (κ2) is 4.59. The van der Waals surface area contributed by atoms with Crippen LogP contribution in [-0.4, -0.2) is 10.1 Å². The summed E-state index contributed by atoms with van der Waals surface area (Å²) in [6.45, 7) is 2.03. The summed E-state index contributed by atoms with van der Waals surface area (Å²) in [5, 5.41) is 9.89.